The minimum Gasteiger partial charge on any atom is -0.459 e. The van der Waals surface area contributed by atoms with Crippen molar-refractivity contribution in [1.82, 2.24) is 0 Å². The summed E-state index contributed by atoms with van der Waals surface area (Å²) in [6.07, 6.45) is 7.36. The monoisotopic (exact) mass is 357 g/mol. The summed E-state index contributed by atoms with van der Waals surface area (Å²) in [4.78, 5) is 14.0. The number of hydrogen-bond donors (Lipinski definition) is 1. The van der Waals surface area contributed by atoms with Gasteiger partial charge < -0.3 is 10.5 Å². The highest BCUT2D eigenvalue weighted by atomic mass is 32.1. The Hall–Kier alpha value is -1.81. The van der Waals surface area contributed by atoms with Gasteiger partial charge in [0.05, 0.1) is 0 Å². The molecule has 1 heterocycles. The lowest BCUT2D eigenvalue weighted by atomic mass is 9.97. The lowest BCUT2D eigenvalue weighted by Crippen LogP contribution is -2.21. The van der Waals surface area contributed by atoms with Crippen LogP contribution in [0.4, 0.5) is 5.00 Å². The summed E-state index contributed by atoms with van der Waals surface area (Å²) in [5.74, 6) is -0.255. The second-order valence-corrected chi connectivity index (χ2v) is 7.85. The van der Waals surface area contributed by atoms with E-state index in [4.69, 9.17) is 10.5 Å². The number of carbonyl (C=O) groups excluding carboxylic acids is 1. The number of benzene rings is 1. The number of anilines is 1. The first-order chi connectivity index (χ1) is 12.1. The molecule has 1 aromatic carbocycles. The van der Waals surface area contributed by atoms with E-state index < -0.39 is 0 Å². The maximum Gasteiger partial charge on any atom is 0.342 e. The third-order valence-corrected chi connectivity index (χ3v) is 6.17. The van der Waals surface area contributed by atoms with Gasteiger partial charge in [0, 0.05) is 10.4 Å². The van der Waals surface area contributed by atoms with Crippen LogP contribution >= 0.6 is 11.3 Å². The zero-order valence-corrected chi connectivity index (χ0v) is 16.0. The van der Waals surface area contributed by atoms with Crippen LogP contribution in [0.15, 0.2) is 24.3 Å². The highest BCUT2D eigenvalue weighted by Gasteiger charge is 2.26. The van der Waals surface area contributed by atoms with Crippen molar-refractivity contribution in [3.8, 4) is 11.1 Å². The van der Waals surface area contributed by atoms with E-state index >= 15 is 0 Å². The molecule has 0 aliphatic heterocycles. The van der Waals surface area contributed by atoms with Gasteiger partial charge >= 0.3 is 5.97 Å². The number of thiophene rings is 1. The summed E-state index contributed by atoms with van der Waals surface area (Å²) in [5.41, 5.74) is 10.1. The first-order valence-electron chi connectivity index (χ1n) is 9.35. The van der Waals surface area contributed by atoms with E-state index in [1.165, 1.54) is 23.3 Å². The summed E-state index contributed by atoms with van der Waals surface area (Å²) in [5, 5.41) is 0.576. The standard InChI is InChI=1S/C21H27NO2S/c1-3-14-10-12-15(13-11-14)18-17(4-2)25-20(22)19(18)21(23)24-16-8-6-5-7-9-16/h10-13,16H,3-9,22H2,1-2H3. The Kier molecular flexibility index (Phi) is 5.79. The fourth-order valence-electron chi connectivity index (χ4n) is 3.55. The van der Waals surface area contributed by atoms with Crippen molar-refractivity contribution in [3.05, 3.63) is 40.3 Å². The smallest absolute Gasteiger partial charge is 0.342 e. The van der Waals surface area contributed by atoms with E-state index in [2.05, 4.69) is 38.1 Å². The first kappa shape index (κ1) is 18.0. The van der Waals surface area contributed by atoms with Gasteiger partial charge in [-0.1, -0.05) is 44.5 Å². The summed E-state index contributed by atoms with van der Waals surface area (Å²) >= 11 is 1.51. The van der Waals surface area contributed by atoms with Crippen molar-refractivity contribution < 1.29 is 9.53 Å². The van der Waals surface area contributed by atoms with Gasteiger partial charge in [0.2, 0.25) is 0 Å². The van der Waals surface area contributed by atoms with Crippen molar-refractivity contribution in [2.24, 2.45) is 0 Å². The average molecular weight is 358 g/mol. The van der Waals surface area contributed by atoms with Crippen molar-refractivity contribution in [2.75, 3.05) is 5.73 Å². The normalized spacial score (nSPS) is 15.3. The molecule has 0 bridgehead atoms. The molecular formula is C21H27NO2S. The van der Waals surface area contributed by atoms with Crippen LogP contribution < -0.4 is 5.73 Å². The molecule has 2 N–H and O–H groups in total. The van der Waals surface area contributed by atoms with E-state index in [-0.39, 0.29) is 12.1 Å². The third kappa shape index (κ3) is 3.90. The molecule has 2 aromatic rings. The van der Waals surface area contributed by atoms with Crippen LogP contribution in [0.1, 0.15) is 66.8 Å². The maximum absolute atomic E-state index is 12.9. The van der Waals surface area contributed by atoms with E-state index in [1.54, 1.807) is 0 Å². The molecular weight excluding hydrogens is 330 g/mol. The van der Waals surface area contributed by atoms with Crippen LogP contribution in [0, 0.1) is 0 Å². The van der Waals surface area contributed by atoms with Gasteiger partial charge in [0.25, 0.3) is 0 Å². The van der Waals surface area contributed by atoms with E-state index in [1.807, 2.05) is 0 Å². The Morgan fingerprint density at radius 2 is 1.80 bits per heavy atom. The Morgan fingerprint density at radius 3 is 2.40 bits per heavy atom. The molecule has 3 rings (SSSR count). The topological polar surface area (TPSA) is 52.3 Å². The summed E-state index contributed by atoms with van der Waals surface area (Å²) in [6.45, 7) is 4.24. The largest absolute Gasteiger partial charge is 0.459 e. The van der Waals surface area contributed by atoms with Gasteiger partial charge in [0.15, 0.2) is 0 Å². The summed E-state index contributed by atoms with van der Waals surface area (Å²) in [6, 6.07) is 8.44. The van der Waals surface area contributed by atoms with Crippen LogP contribution in [0.5, 0.6) is 0 Å². The van der Waals surface area contributed by atoms with Crippen LogP contribution in [0.3, 0.4) is 0 Å². The Balaban J connectivity index is 1.94. The minimum absolute atomic E-state index is 0.0425. The lowest BCUT2D eigenvalue weighted by Gasteiger charge is -2.22. The number of hydrogen-bond acceptors (Lipinski definition) is 4. The van der Waals surface area contributed by atoms with Crippen molar-refractivity contribution in [1.29, 1.82) is 0 Å². The molecule has 1 aromatic heterocycles. The molecule has 1 aliphatic carbocycles. The minimum atomic E-state index is -0.255. The second kappa shape index (κ2) is 8.05. The highest BCUT2D eigenvalue weighted by Crippen LogP contribution is 2.40. The quantitative estimate of drug-likeness (QED) is 0.707. The molecule has 4 heteroatoms. The Labute approximate surface area is 154 Å². The SMILES string of the molecule is CCc1ccc(-c2c(CC)sc(N)c2C(=O)OC2CCCCC2)cc1. The molecule has 1 saturated carbocycles. The molecule has 0 saturated heterocycles. The number of aryl methyl sites for hydroxylation is 2. The van der Waals surface area contributed by atoms with Crippen LogP contribution in [-0.4, -0.2) is 12.1 Å². The predicted molar refractivity (Wildman–Crippen MR) is 105 cm³/mol. The fourth-order valence-corrected chi connectivity index (χ4v) is 4.57. The summed E-state index contributed by atoms with van der Waals surface area (Å²) in [7, 11) is 0. The average Bonchev–Trinajstić information content (AvgIpc) is 2.99. The zero-order chi connectivity index (χ0) is 17.8. The van der Waals surface area contributed by atoms with Gasteiger partial charge in [0.1, 0.15) is 16.7 Å². The summed E-state index contributed by atoms with van der Waals surface area (Å²) < 4.78 is 5.81. The van der Waals surface area contributed by atoms with Gasteiger partial charge in [-0.3, -0.25) is 0 Å². The molecule has 0 amide bonds. The maximum atomic E-state index is 12.9. The van der Waals surface area contributed by atoms with Gasteiger partial charge in [-0.15, -0.1) is 11.3 Å². The molecule has 134 valence electrons. The van der Waals surface area contributed by atoms with Crippen LogP contribution in [0.2, 0.25) is 0 Å². The molecule has 3 nitrogen and oxygen atoms in total. The van der Waals surface area contributed by atoms with Gasteiger partial charge in [-0.2, -0.15) is 0 Å². The molecule has 1 fully saturated rings. The van der Waals surface area contributed by atoms with Crippen LogP contribution in [-0.2, 0) is 17.6 Å². The van der Waals surface area contributed by atoms with Crippen LogP contribution in [0.25, 0.3) is 11.1 Å². The molecule has 0 spiro atoms. The van der Waals surface area contributed by atoms with E-state index in [9.17, 15) is 4.79 Å². The number of esters is 1. The third-order valence-electron chi connectivity index (χ3n) is 5.01. The van der Waals surface area contributed by atoms with E-state index in [0.29, 0.717) is 10.6 Å². The molecule has 1 aliphatic rings. The Bertz CT molecular complexity index is 727. The van der Waals surface area contributed by atoms with Crippen molar-refractivity contribution in [2.45, 2.75) is 64.9 Å². The number of nitrogen functional groups attached to an aromatic ring is 1. The number of nitrogens with two attached hydrogens (primary N) is 1. The zero-order valence-electron chi connectivity index (χ0n) is 15.1. The van der Waals surface area contributed by atoms with Crippen molar-refractivity contribution >= 4 is 22.3 Å². The van der Waals surface area contributed by atoms with Gasteiger partial charge in [-0.25, -0.2) is 4.79 Å². The molecule has 0 atom stereocenters. The number of ether oxygens (including phenoxy) is 1. The number of carbonyl (C=O) groups is 1. The first-order valence-corrected chi connectivity index (χ1v) is 10.2. The van der Waals surface area contributed by atoms with E-state index in [0.717, 1.165) is 54.5 Å². The molecule has 0 radical (unpaired) electrons. The lowest BCUT2D eigenvalue weighted by molar-refractivity contribution is 0.0213. The van der Waals surface area contributed by atoms with Gasteiger partial charge in [-0.05, 0) is 49.7 Å². The second-order valence-electron chi connectivity index (χ2n) is 6.71. The highest BCUT2D eigenvalue weighted by molar-refractivity contribution is 7.17. The molecule has 0 unspecified atom stereocenters. The Morgan fingerprint density at radius 1 is 1.12 bits per heavy atom. The fraction of sp³-hybridized carbons (Fsp3) is 0.476. The predicted octanol–water partition coefficient (Wildman–Crippen LogP) is 5.61. The number of rotatable bonds is 5. The molecule has 25 heavy (non-hydrogen) atoms. The van der Waals surface area contributed by atoms with Crippen molar-refractivity contribution in [3.63, 3.8) is 0 Å².